The van der Waals surface area contributed by atoms with Crippen molar-refractivity contribution in [2.24, 2.45) is 0 Å². The van der Waals surface area contributed by atoms with E-state index in [1.54, 1.807) is 19.1 Å². The summed E-state index contributed by atoms with van der Waals surface area (Å²) in [5.74, 6) is -0.950. The van der Waals surface area contributed by atoms with Crippen LogP contribution in [0.5, 0.6) is 0 Å². The van der Waals surface area contributed by atoms with Crippen LogP contribution in [0.15, 0.2) is 42.5 Å². The van der Waals surface area contributed by atoms with Gasteiger partial charge in [0.1, 0.15) is 5.82 Å². The molecule has 2 amide bonds. The van der Waals surface area contributed by atoms with Crippen molar-refractivity contribution in [1.82, 2.24) is 10.6 Å². The maximum atomic E-state index is 13.5. The molecule has 4 nitrogen and oxygen atoms in total. The Hall–Kier alpha value is -2.69. The van der Waals surface area contributed by atoms with Crippen LogP contribution in [-0.2, 0) is 6.42 Å². The number of unbranched alkanes of at least 4 members (excludes halogenated alkanes) is 1. The molecule has 0 heterocycles. The third-order valence-electron chi connectivity index (χ3n) is 4.17. The van der Waals surface area contributed by atoms with Crippen molar-refractivity contribution in [2.45, 2.75) is 33.1 Å². The average Bonchev–Trinajstić information content (AvgIpc) is 2.65. The Morgan fingerprint density at radius 2 is 1.50 bits per heavy atom. The summed E-state index contributed by atoms with van der Waals surface area (Å²) in [5, 5.41) is 5.43. The molecular formula is C21H25FN2O2. The number of hydrogen-bond donors (Lipinski definition) is 2. The highest BCUT2D eigenvalue weighted by Crippen LogP contribution is 2.09. The summed E-state index contributed by atoms with van der Waals surface area (Å²) in [6.07, 6.45) is 3.29. The van der Waals surface area contributed by atoms with Crippen molar-refractivity contribution >= 4 is 11.8 Å². The first kappa shape index (κ1) is 19.6. The van der Waals surface area contributed by atoms with Crippen LogP contribution in [0.25, 0.3) is 0 Å². The second kappa shape index (κ2) is 9.70. The lowest BCUT2D eigenvalue weighted by molar-refractivity contribution is 0.0927. The number of carbonyl (C=O) groups is 2. The van der Waals surface area contributed by atoms with Gasteiger partial charge in [-0.1, -0.05) is 31.5 Å². The molecule has 2 rings (SSSR count). The Morgan fingerprint density at radius 3 is 2.08 bits per heavy atom. The molecule has 0 aromatic heterocycles. The van der Waals surface area contributed by atoms with E-state index in [0.29, 0.717) is 17.7 Å². The molecule has 0 radical (unpaired) electrons. The van der Waals surface area contributed by atoms with Crippen LogP contribution in [0.1, 0.15) is 51.6 Å². The Morgan fingerprint density at radius 1 is 0.923 bits per heavy atom. The van der Waals surface area contributed by atoms with E-state index in [1.807, 2.05) is 24.3 Å². The van der Waals surface area contributed by atoms with Gasteiger partial charge >= 0.3 is 0 Å². The molecule has 0 fully saturated rings. The minimum absolute atomic E-state index is 0.178. The fraction of sp³-hybridized carbons (Fsp3) is 0.333. The zero-order valence-corrected chi connectivity index (χ0v) is 15.3. The second-order valence-corrected chi connectivity index (χ2v) is 6.28. The summed E-state index contributed by atoms with van der Waals surface area (Å²) in [7, 11) is 0. The van der Waals surface area contributed by atoms with E-state index in [4.69, 9.17) is 0 Å². The molecule has 0 bridgehead atoms. The predicted octanol–water partition coefficient (Wildman–Crippen LogP) is 3.64. The molecule has 0 atom stereocenters. The number of nitrogens with one attached hydrogen (secondary N) is 2. The van der Waals surface area contributed by atoms with Crippen LogP contribution >= 0.6 is 0 Å². The summed E-state index contributed by atoms with van der Waals surface area (Å²) in [4.78, 5) is 24.0. The van der Waals surface area contributed by atoms with Gasteiger partial charge in [0, 0.05) is 24.2 Å². The molecule has 5 heteroatoms. The van der Waals surface area contributed by atoms with Gasteiger partial charge in [-0.2, -0.15) is 0 Å². The molecule has 2 aromatic rings. The lowest BCUT2D eigenvalue weighted by Crippen LogP contribution is -2.34. The van der Waals surface area contributed by atoms with Gasteiger partial charge in [-0.05, 0) is 55.2 Å². The van der Waals surface area contributed by atoms with Crippen molar-refractivity contribution in [2.75, 3.05) is 13.1 Å². The first-order valence-electron chi connectivity index (χ1n) is 8.92. The quantitative estimate of drug-likeness (QED) is 0.710. The number of hydrogen-bond acceptors (Lipinski definition) is 2. The smallest absolute Gasteiger partial charge is 0.251 e. The Labute approximate surface area is 153 Å². The summed E-state index contributed by atoms with van der Waals surface area (Å²) in [6.45, 7) is 4.37. The monoisotopic (exact) mass is 356 g/mol. The van der Waals surface area contributed by atoms with E-state index in [9.17, 15) is 14.0 Å². The summed E-state index contributed by atoms with van der Waals surface area (Å²) in [6, 6.07) is 11.9. The van der Waals surface area contributed by atoms with Crippen LogP contribution in [0, 0.1) is 12.7 Å². The van der Waals surface area contributed by atoms with Crippen molar-refractivity contribution in [3.63, 3.8) is 0 Å². The number of aryl methyl sites for hydroxylation is 2. The first-order chi connectivity index (χ1) is 12.5. The third-order valence-corrected chi connectivity index (χ3v) is 4.17. The predicted molar refractivity (Wildman–Crippen MR) is 101 cm³/mol. The van der Waals surface area contributed by atoms with Gasteiger partial charge < -0.3 is 10.6 Å². The van der Waals surface area contributed by atoms with E-state index >= 15 is 0 Å². The highest BCUT2D eigenvalue weighted by atomic mass is 19.1. The van der Waals surface area contributed by atoms with Crippen LogP contribution < -0.4 is 10.6 Å². The third kappa shape index (κ3) is 5.69. The standard InChI is InChI=1S/C21H25FN2O2/c1-3-4-5-16-7-10-17(11-8-16)20(25)23-12-13-24-21(26)18-9-6-15(2)19(22)14-18/h6-11,14H,3-5,12-13H2,1-2H3,(H,23,25)(H,24,26). The van der Waals surface area contributed by atoms with Gasteiger partial charge in [-0.25, -0.2) is 4.39 Å². The maximum Gasteiger partial charge on any atom is 0.251 e. The fourth-order valence-electron chi connectivity index (χ4n) is 2.49. The SMILES string of the molecule is CCCCc1ccc(C(=O)NCCNC(=O)c2ccc(C)c(F)c2)cc1. The van der Waals surface area contributed by atoms with Crippen LogP contribution in [0.2, 0.25) is 0 Å². The molecule has 0 saturated heterocycles. The van der Waals surface area contributed by atoms with E-state index in [2.05, 4.69) is 17.6 Å². The normalized spacial score (nSPS) is 10.4. The Balaban J connectivity index is 1.75. The molecule has 0 spiro atoms. The lowest BCUT2D eigenvalue weighted by Gasteiger charge is -2.08. The van der Waals surface area contributed by atoms with E-state index in [1.165, 1.54) is 11.6 Å². The molecule has 2 N–H and O–H groups in total. The zero-order chi connectivity index (χ0) is 18.9. The summed E-state index contributed by atoms with van der Waals surface area (Å²) >= 11 is 0. The van der Waals surface area contributed by atoms with Gasteiger partial charge in [0.15, 0.2) is 0 Å². The second-order valence-electron chi connectivity index (χ2n) is 6.28. The Bertz CT molecular complexity index is 757. The number of amides is 2. The molecular weight excluding hydrogens is 331 g/mol. The minimum atomic E-state index is -0.409. The highest BCUT2D eigenvalue weighted by Gasteiger charge is 2.08. The molecule has 26 heavy (non-hydrogen) atoms. The van der Waals surface area contributed by atoms with Crippen molar-refractivity contribution in [3.05, 3.63) is 70.5 Å². The van der Waals surface area contributed by atoms with Gasteiger partial charge in [0.2, 0.25) is 0 Å². The van der Waals surface area contributed by atoms with Crippen molar-refractivity contribution < 1.29 is 14.0 Å². The summed E-state index contributed by atoms with van der Waals surface area (Å²) < 4.78 is 13.5. The number of halogens is 1. The number of benzene rings is 2. The van der Waals surface area contributed by atoms with E-state index < -0.39 is 5.82 Å². The fourth-order valence-corrected chi connectivity index (χ4v) is 2.49. The van der Waals surface area contributed by atoms with Crippen LogP contribution in [-0.4, -0.2) is 24.9 Å². The van der Waals surface area contributed by atoms with Gasteiger partial charge in [0.25, 0.3) is 11.8 Å². The van der Waals surface area contributed by atoms with Gasteiger partial charge in [-0.15, -0.1) is 0 Å². The molecule has 0 unspecified atom stereocenters. The molecule has 2 aromatic carbocycles. The summed E-state index contributed by atoms with van der Waals surface area (Å²) in [5.41, 5.74) is 2.58. The van der Waals surface area contributed by atoms with E-state index in [-0.39, 0.29) is 23.9 Å². The minimum Gasteiger partial charge on any atom is -0.350 e. The zero-order valence-electron chi connectivity index (χ0n) is 15.3. The van der Waals surface area contributed by atoms with Gasteiger partial charge in [-0.3, -0.25) is 9.59 Å². The van der Waals surface area contributed by atoms with Crippen molar-refractivity contribution in [1.29, 1.82) is 0 Å². The van der Waals surface area contributed by atoms with Crippen molar-refractivity contribution in [3.8, 4) is 0 Å². The molecule has 0 saturated carbocycles. The average molecular weight is 356 g/mol. The lowest BCUT2D eigenvalue weighted by atomic mass is 10.1. The van der Waals surface area contributed by atoms with E-state index in [0.717, 1.165) is 19.3 Å². The molecule has 138 valence electrons. The topological polar surface area (TPSA) is 58.2 Å². The van der Waals surface area contributed by atoms with Gasteiger partial charge in [0.05, 0.1) is 0 Å². The molecule has 0 aliphatic rings. The van der Waals surface area contributed by atoms with Crippen LogP contribution in [0.3, 0.4) is 0 Å². The maximum absolute atomic E-state index is 13.5. The Kier molecular flexibility index (Phi) is 7.33. The number of carbonyl (C=O) groups excluding carboxylic acids is 2. The molecule has 0 aliphatic heterocycles. The first-order valence-corrected chi connectivity index (χ1v) is 8.92. The largest absolute Gasteiger partial charge is 0.350 e. The molecule has 0 aliphatic carbocycles. The highest BCUT2D eigenvalue weighted by molar-refractivity contribution is 5.95. The number of rotatable bonds is 8. The van der Waals surface area contributed by atoms with Crippen LogP contribution in [0.4, 0.5) is 4.39 Å².